The summed E-state index contributed by atoms with van der Waals surface area (Å²) in [5.41, 5.74) is 0.932. The number of carbonyl (C=O) groups excluding carboxylic acids is 1. The molecule has 4 atom stereocenters. The first kappa shape index (κ1) is 30.8. The number of benzene rings is 1. The second-order valence-electron chi connectivity index (χ2n) is 11.1. The molecule has 1 aromatic carbocycles. The molecular formula is C30H27Cl2F3N8O2. The van der Waals surface area contributed by atoms with E-state index >= 15 is 4.39 Å². The molecule has 6 rings (SSSR count). The van der Waals surface area contributed by atoms with E-state index in [2.05, 4.69) is 25.7 Å². The number of rotatable bonds is 4. The molecule has 15 heteroatoms. The molecule has 4 heterocycles. The van der Waals surface area contributed by atoms with Gasteiger partial charge in [-0.3, -0.25) is 14.2 Å². The molecule has 2 aliphatic rings. The van der Waals surface area contributed by atoms with Crippen LogP contribution in [0.4, 0.5) is 18.9 Å². The average Bonchev–Trinajstić information content (AvgIpc) is 3.63. The summed E-state index contributed by atoms with van der Waals surface area (Å²) in [6, 6.07) is 3.56. The Morgan fingerprint density at radius 1 is 1.13 bits per heavy atom. The summed E-state index contributed by atoms with van der Waals surface area (Å²) in [6.45, 7) is 0.726. The van der Waals surface area contributed by atoms with Crippen LogP contribution in [0.2, 0.25) is 10.2 Å². The molecule has 1 amide bonds. The smallest absolute Gasteiger partial charge is 0.323 e. The maximum Gasteiger partial charge on any atom is 0.333 e. The number of alkyl halides is 2. The van der Waals surface area contributed by atoms with E-state index in [0.717, 1.165) is 5.57 Å². The zero-order valence-electron chi connectivity index (χ0n) is 24.0. The normalized spacial score (nSPS) is 22.0. The molecule has 3 aromatic heterocycles. The molecule has 2 bridgehead atoms. The molecule has 1 aliphatic heterocycles. The Hall–Kier alpha value is -4.23. The largest absolute Gasteiger partial charge is 0.333 e. The summed E-state index contributed by atoms with van der Waals surface area (Å²) in [4.78, 5) is 31.3. The first-order valence-electron chi connectivity index (χ1n) is 14.2. The zero-order valence-corrected chi connectivity index (χ0v) is 25.6. The van der Waals surface area contributed by atoms with Crippen molar-refractivity contribution in [3.05, 3.63) is 92.8 Å². The van der Waals surface area contributed by atoms with E-state index in [-0.39, 0.29) is 50.3 Å². The second kappa shape index (κ2) is 12.3. The van der Waals surface area contributed by atoms with Crippen LogP contribution >= 0.6 is 23.2 Å². The molecule has 0 radical (unpaired) electrons. The third kappa shape index (κ3) is 5.70. The van der Waals surface area contributed by atoms with E-state index in [1.807, 2.05) is 13.0 Å². The third-order valence-corrected chi connectivity index (χ3v) is 8.89. The lowest BCUT2D eigenvalue weighted by atomic mass is 9.76. The summed E-state index contributed by atoms with van der Waals surface area (Å²) in [5, 5.41) is 14.2. The van der Waals surface area contributed by atoms with E-state index in [1.165, 1.54) is 46.2 Å². The lowest BCUT2D eigenvalue weighted by Gasteiger charge is -2.34. The molecule has 0 saturated heterocycles. The third-order valence-electron chi connectivity index (χ3n) is 8.42. The first-order valence-corrected chi connectivity index (χ1v) is 15.0. The molecule has 45 heavy (non-hydrogen) atoms. The van der Waals surface area contributed by atoms with Gasteiger partial charge in [0.2, 0.25) is 5.91 Å². The van der Waals surface area contributed by atoms with Gasteiger partial charge < -0.3 is 5.32 Å². The molecule has 0 spiro atoms. The summed E-state index contributed by atoms with van der Waals surface area (Å²) < 4.78 is 47.0. The van der Waals surface area contributed by atoms with E-state index < -0.39 is 35.8 Å². The maximum atomic E-state index is 15.5. The highest BCUT2D eigenvalue weighted by Crippen LogP contribution is 2.44. The predicted molar refractivity (Wildman–Crippen MR) is 162 cm³/mol. The van der Waals surface area contributed by atoms with Gasteiger partial charge in [-0.15, -0.1) is 5.10 Å². The summed E-state index contributed by atoms with van der Waals surface area (Å²) in [6.07, 6.45) is 10.9. The highest BCUT2D eigenvalue weighted by atomic mass is 35.5. The Bertz CT molecular complexity index is 1900. The van der Waals surface area contributed by atoms with Gasteiger partial charge in [-0.25, -0.2) is 18.7 Å². The van der Waals surface area contributed by atoms with Crippen molar-refractivity contribution >= 4 is 34.8 Å². The van der Waals surface area contributed by atoms with Gasteiger partial charge in [0.05, 0.1) is 58.1 Å². The van der Waals surface area contributed by atoms with Crippen molar-refractivity contribution in [2.75, 3.05) is 5.32 Å². The quantitative estimate of drug-likeness (QED) is 0.260. The monoisotopic (exact) mass is 658 g/mol. The van der Waals surface area contributed by atoms with Gasteiger partial charge in [0.1, 0.15) is 0 Å². The van der Waals surface area contributed by atoms with Crippen molar-refractivity contribution < 1.29 is 18.0 Å². The lowest BCUT2D eigenvalue weighted by Crippen LogP contribution is -2.31. The topological polar surface area (TPSA) is 113 Å². The van der Waals surface area contributed by atoms with Gasteiger partial charge in [-0.1, -0.05) is 66.9 Å². The molecular weight excluding hydrogens is 632 g/mol. The number of allylic oxidation sites excluding steroid dienone is 4. The Labute approximate surface area is 265 Å². The van der Waals surface area contributed by atoms with Crippen LogP contribution in [0.3, 0.4) is 0 Å². The Morgan fingerprint density at radius 3 is 2.64 bits per heavy atom. The van der Waals surface area contributed by atoms with Crippen LogP contribution in [-0.4, -0.2) is 40.2 Å². The van der Waals surface area contributed by atoms with E-state index in [9.17, 15) is 18.4 Å². The fourth-order valence-electron chi connectivity index (χ4n) is 6.10. The highest BCUT2D eigenvalue weighted by molar-refractivity contribution is 6.31. The van der Waals surface area contributed by atoms with Crippen molar-refractivity contribution in [1.82, 2.24) is 34.3 Å². The molecule has 1 N–H and O–H groups in total. The van der Waals surface area contributed by atoms with Crippen LogP contribution < -0.4 is 10.9 Å². The minimum absolute atomic E-state index is 0.0187. The minimum atomic E-state index is -2.92. The minimum Gasteiger partial charge on any atom is -0.323 e. The number of hydrogen-bond acceptors (Lipinski definition) is 6. The van der Waals surface area contributed by atoms with Gasteiger partial charge in [0.15, 0.2) is 11.0 Å². The van der Waals surface area contributed by atoms with Crippen molar-refractivity contribution in [3.8, 4) is 16.9 Å². The molecule has 1 aliphatic carbocycles. The molecule has 4 aromatic rings. The number of nitrogens with one attached hydrogen (secondary N) is 1. The number of halogens is 5. The van der Waals surface area contributed by atoms with Crippen LogP contribution in [0.15, 0.2) is 65.5 Å². The summed E-state index contributed by atoms with van der Waals surface area (Å²) >= 11 is 12.0. The lowest BCUT2D eigenvalue weighted by molar-refractivity contribution is -0.119. The average molecular weight is 660 g/mol. The summed E-state index contributed by atoms with van der Waals surface area (Å²) in [5.74, 6) is -2.47. The van der Waals surface area contributed by atoms with Gasteiger partial charge in [-0.2, -0.15) is 13.9 Å². The zero-order chi connectivity index (χ0) is 32.0. The van der Waals surface area contributed by atoms with Crippen LogP contribution in [0.5, 0.6) is 0 Å². The molecule has 0 unspecified atom stereocenters. The van der Waals surface area contributed by atoms with E-state index in [0.29, 0.717) is 23.9 Å². The molecule has 0 saturated carbocycles. The fourth-order valence-corrected chi connectivity index (χ4v) is 6.38. The number of nitrogens with zero attached hydrogens (tertiary/aromatic N) is 7. The number of amides is 1. The number of carbonyl (C=O) groups is 1. The SMILES string of the molecule is C[C@@H]1CCC[C@H](n2cnc(-c3c(-n4cc(Cl)nn4)ccc(Cl)c3F)cc2=O)C2=CC=C[C@H](c3c(cnn3C(F)F)NC1=O)[C@@H]2C. The van der Waals surface area contributed by atoms with Crippen molar-refractivity contribution in [2.45, 2.75) is 51.6 Å². The fraction of sp³-hybridized carbons (Fsp3) is 0.333. The molecule has 0 fully saturated rings. The van der Waals surface area contributed by atoms with Crippen molar-refractivity contribution in [1.29, 1.82) is 0 Å². The van der Waals surface area contributed by atoms with Gasteiger partial charge >= 0.3 is 6.55 Å². The Balaban J connectivity index is 1.44. The highest BCUT2D eigenvalue weighted by Gasteiger charge is 2.35. The van der Waals surface area contributed by atoms with Gasteiger partial charge in [0.25, 0.3) is 5.56 Å². The van der Waals surface area contributed by atoms with Crippen LogP contribution in [0, 0.1) is 17.7 Å². The predicted octanol–water partition coefficient (Wildman–Crippen LogP) is 6.74. The number of aromatic nitrogens is 7. The van der Waals surface area contributed by atoms with Crippen molar-refractivity contribution in [2.24, 2.45) is 11.8 Å². The Morgan fingerprint density at radius 2 is 1.93 bits per heavy atom. The van der Waals surface area contributed by atoms with E-state index in [4.69, 9.17) is 23.2 Å². The molecule has 10 nitrogen and oxygen atoms in total. The number of hydrogen-bond donors (Lipinski definition) is 1. The maximum absolute atomic E-state index is 15.5. The Kier molecular flexibility index (Phi) is 8.40. The molecule has 234 valence electrons. The first-order chi connectivity index (χ1) is 21.5. The second-order valence-corrected chi connectivity index (χ2v) is 11.9. The van der Waals surface area contributed by atoms with Gasteiger partial charge in [-0.05, 0) is 36.5 Å². The van der Waals surface area contributed by atoms with Gasteiger partial charge in [0, 0.05) is 17.9 Å². The standard InChI is InChI=1S/C30H27Cl2F3N8O2/c1-15-5-3-8-22(17-6-4-7-18(16(17)2)28-21(38-29(15)45)12-37-43(28)30(34)35)41-14-36-20(11-25(41)44)26-23(10-9-19(31)27(26)33)42-13-24(32)39-40-42/h4,6-7,9-16,18,22,30H,3,5,8H2,1-2H3,(H,38,45)/t15-,16-,18+,22+/m1/s1. The number of fused-ring (bicyclic) bond motifs is 4. The van der Waals surface area contributed by atoms with Crippen LogP contribution in [-0.2, 0) is 4.79 Å². The number of anilines is 1. The van der Waals surface area contributed by atoms with Crippen LogP contribution in [0.25, 0.3) is 16.9 Å². The summed E-state index contributed by atoms with van der Waals surface area (Å²) in [7, 11) is 0. The van der Waals surface area contributed by atoms with Crippen LogP contribution in [0.1, 0.15) is 57.3 Å². The van der Waals surface area contributed by atoms with Crippen molar-refractivity contribution in [3.63, 3.8) is 0 Å². The van der Waals surface area contributed by atoms with E-state index in [1.54, 1.807) is 19.1 Å².